The van der Waals surface area contributed by atoms with E-state index in [1.807, 2.05) is 19.6 Å². The van der Waals surface area contributed by atoms with E-state index in [0.29, 0.717) is 22.2 Å². The predicted molar refractivity (Wildman–Crippen MR) is 123 cm³/mol. The Balaban J connectivity index is 1.83. The van der Waals surface area contributed by atoms with Crippen molar-refractivity contribution in [3.05, 3.63) is 53.8 Å². The number of ether oxygens (including phenoxy) is 1. The molecular formula is C23H28FN3O4Si. The average molecular weight is 458 g/mol. The van der Waals surface area contributed by atoms with Crippen molar-refractivity contribution in [2.24, 2.45) is 5.92 Å². The van der Waals surface area contributed by atoms with Gasteiger partial charge in [0.1, 0.15) is 17.6 Å². The minimum Gasteiger partial charge on any atom is -0.497 e. The van der Waals surface area contributed by atoms with Crippen LogP contribution in [0.15, 0.2) is 42.5 Å². The van der Waals surface area contributed by atoms with E-state index in [1.54, 1.807) is 36.4 Å². The molecule has 3 amide bonds. The largest absolute Gasteiger partial charge is 0.497 e. The molecule has 32 heavy (non-hydrogen) atoms. The molecule has 9 heteroatoms. The molecule has 2 aromatic rings. The van der Waals surface area contributed by atoms with Gasteiger partial charge in [-0.05, 0) is 35.0 Å². The number of halogens is 1. The number of carbonyl (C=O) groups excluding carboxylic acids is 3. The zero-order chi connectivity index (χ0) is 23.5. The Morgan fingerprint density at radius 2 is 1.84 bits per heavy atom. The van der Waals surface area contributed by atoms with Gasteiger partial charge in [-0.2, -0.15) is 0 Å². The van der Waals surface area contributed by atoms with Gasteiger partial charge in [0.15, 0.2) is 0 Å². The molecule has 1 heterocycles. The molecule has 1 aliphatic rings. The molecule has 1 saturated heterocycles. The molecule has 170 valence electrons. The van der Waals surface area contributed by atoms with E-state index in [4.69, 9.17) is 4.74 Å². The first-order valence-corrected chi connectivity index (χ1v) is 13.9. The Kier molecular flexibility index (Phi) is 6.98. The monoisotopic (exact) mass is 457 g/mol. The maximum Gasteiger partial charge on any atom is 0.251 e. The van der Waals surface area contributed by atoms with Gasteiger partial charge in [0, 0.05) is 18.7 Å². The van der Waals surface area contributed by atoms with Crippen LogP contribution in [-0.2, 0) is 14.4 Å². The van der Waals surface area contributed by atoms with E-state index in [1.165, 1.54) is 13.2 Å². The Morgan fingerprint density at radius 3 is 2.38 bits per heavy atom. The topological polar surface area (TPSA) is 96.5 Å². The van der Waals surface area contributed by atoms with Crippen LogP contribution in [0.5, 0.6) is 5.75 Å². The number of hydrogen-bond acceptors (Lipinski definition) is 4. The molecule has 3 N–H and O–H groups in total. The highest BCUT2D eigenvalue weighted by atomic mass is 28.3. The zero-order valence-corrected chi connectivity index (χ0v) is 19.6. The van der Waals surface area contributed by atoms with Crippen molar-refractivity contribution >= 4 is 36.7 Å². The van der Waals surface area contributed by atoms with Crippen LogP contribution in [0.2, 0.25) is 19.6 Å². The lowest BCUT2D eigenvalue weighted by Gasteiger charge is -2.22. The molecular weight excluding hydrogens is 429 g/mol. The second-order valence-corrected chi connectivity index (χ2v) is 13.9. The molecule has 0 aliphatic carbocycles. The first-order chi connectivity index (χ1) is 15.1. The van der Waals surface area contributed by atoms with Crippen molar-refractivity contribution < 1.29 is 23.5 Å². The number of benzene rings is 2. The van der Waals surface area contributed by atoms with Crippen LogP contribution in [0.25, 0.3) is 0 Å². The normalized spacial score (nSPS) is 16.8. The Hall–Kier alpha value is -3.20. The first-order valence-electron chi connectivity index (χ1n) is 10.4. The number of hydrogen-bond donors (Lipinski definition) is 3. The summed E-state index contributed by atoms with van der Waals surface area (Å²) in [5, 5.41) is 8.72. The highest BCUT2D eigenvalue weighted by Gasteiger charge is 2.32. The van der Waals surface area contributed by atoms with E-state index >= 15 is 0 Å². The van der Waals surface area contributed by atoms with Gasteiger partial charge in [0.25, 0.3) is 5.91 Å². The summed E-state index contributed by atoms with van der Waals surface area (Å²) >= 11 is 0. The molecule has 0 aromatic heterocycles. The van der Waals surface area contributed by atoms with E-state index in [0.717, 1.165) is 0 Å². The first kappa shape index (κ1) is 23.5. The summed E-state index contributed by atoms with van der Waals surface area (Å²) in [6, 6.07) is 10.4. The molecule has 1 aliphatic heterocycles. The molecule has 1 fully saturated rings. The number of anilines is 1. The number of rotatable bonds is 7. The fourth-order valence-electron chi connectivity index (χ4n) is 3.56. The summed E-state index contributed by atoms with van der Waals surface area (Å²) in [5.74, 6) is -1.42. The number of amides is 3. The summed E-state index contributed by atoms with van der Waals surface area (Å²) < 4.78 is 19.8. The molecule has 3 rings (SSSR count). The van der Waals surface area contributed by atoms with Crippen molar-refractivity contribution in [2.45, 2.75) is 32.1 Å². The number of nitrogens with one attached hydrogen (secondary N) is 3. The summed E-state index contributed by atoms with van der Waals surface area (Å²) in [4.78, 5) is 37.3. The van der Waals surface area contributed by atoms with Crippen molar-refractivity contribution in [3.63, 3.8) is 0 Å². The van der Waals surface area contributed by atoms with Crippen LogP contribution < -0.4 is 25.9 Å². The second-order valence-electron chi connectivity index (χ2n) is 8.85. The molecule has 0 saturated carbocycles. The molecule has 2 atom stereocenters. The van der Waals surface area contributed by atoms with Crippen LogP contribution in [0.1, 0.15) is 18.0 Å². The quantitative estimate of drug-likeness (QED) is 0.556. The maximum absolute atomic E-state index is 14.6. The van der Waals surface area contributed by atoms with Crippen molar-refractivity contribution in [3.8, 4) is 5.75 Å². The third-order valence-corrected chi connectivity index (χ3v) is 7.41. The van der Waals surface area contributed by atoms with Crippen LogP contribution in [0.4, 0.5) is 10.1 Å². The van der Waals surface area contributed by atoms with Crippen molar-refractivity contribution in [2.75, 3.05) is 19.0 Å². The van der Waals surface area contributed by atoms with Crippen molar-refractivity contribution in [1.82, 2.24) is 10.6 Å². The van der Waals surface area contributed by atoms with Gasteiger partial charge in [-0.1, -0.05) is 37.8 Å². The van der Waals surface area contributed by atoms with Gasteiger partial charge in [0.2, 0.25) is 11.8 Å². The molecule has 2 aromatic carbocycles. The van der Waals surface area contributed by atoms with Crippen LogP contribution in [0.3, 0.4) is 0 Å². The highest BCUT2D eigenvalue weighted by Crippen LogP contribution is 2.22. The van der Waals surface area contributed by atoms with Gasteiger partial charge < -0.3 is 20.7 Å². The van der Waals surface area contributed by atoms with Gasteiger partial charge in [-0.3, -0.25) is 14.4 Å². The van der Waals surface area contributed by atoms with E-state index in [9.17, 15) is 18.8 Å². The minimum atomic E-state index is -1.86. The molecule has 0 radical (unpaired) electrons. The fourth-order valence-corrected chi connectivity index (χ4v) is 4.93. The molecule has 7 nitrogen and oxygen atoms in total. The third-order valence-electron chi connectivity index (χ3n) is 5.39. The van der Waals surface area contributed by atoms with Crippen molar-refractivity contribution in [1.29, 1.82) is 0 Å². The lowest BCUT2D eigenvalue weighted by Crippen LogP contribution is -2.41. The van der Waals surface area contributed by atoms with Crippen LogP contribution in [-0.4, -0.2) is 39.4 Å². The average Bonchev–Trinajstić information content (AvgIpc) is 3.17. The smallest absolute Gasteiger partial charge is 0.251 e. The fraction of sp³-hybridized carbons (Fsp3) is 0.348. The van der Waals surface area contributed by atoms with E-state index in [2.05, 4.69) is 16.0 Å². The summed E-state index contributed by atoms with van der Waals surface area (Å²) in [7, 11) is -0.325. The molecule has 2 unspecified atom stereocenters. The van der Waals surface area contributed by atoms with Gasteiger partial charge in [-0.25, -0.2) is 4.39 Å². The predicted octanol–water partition coefficient (Wildman–Crippen LogP) is 2.31. The van der Waals surface area contributed by atoms with Gasteiger partial charge >= 0.3 is 0 Å². The summed E-state index contributed by atoms with van der Waals surface area (Å²) in [5.41, 5.74) is 0.841. The van der Waals surface area contributed by atoms with Crippen LogP contribution >= 0.6 is 0 Å². The SMILES string of the molecule is COc1ccc(C(NC(=O)C2CNC(=O)C2)C(=O)Nc2ccc([Si](C)(C)C)c(F)c2)cc1. The summed E-state index contributed by atoms with van der Waals surface area (Å²) in [6.07, 6.45) is 0.0755. The van der Waals surface area contributed by atoms with Crippen LogP contribution in [0, 0.1) is 11.7 Å². The minimum absolute atomic E-state index is 0.0755. The lowest BCUT2D eigenvalue weighted by atomic mass is 10.0. The standard InChI is InChI=1S/C23H28FN3O4Si/c1-31-17-8-5-14(6-9-17)21(27-22(29)15-11-20(28)25-13-15)23(30)26-16-7-10-19(18(24)12-16)32(2,3)4/h5-10,12,15,21H,11,13H2,1-4H3,(H,25,28)(H,26,30)(H,27,29). The lowest BCUT2D eigenvalue weighted by molar-refractivity contribution is -0.129. The molecule has 0 spiro atoms. The highest BCUT2D eigenvalue weighted by molar-refractivity contribution is 6.88. The molecule has 0 bridgehead atoms. The van der Waals surface area contributed by atoms with E-state index in [-0.39, 0.29) is 24.7 Å². The maximum atomic E-state index is 14.6. The van der Waals surface area contributed by atoms with Gasteiger partial charge in [0.05, 0.1) is 21.1 Å². The number of methoxy groups -OCH3 is 1. The van der Waals surface area contributed by atoms with Gasteiger partial charge in [-0.15, -0.1) is 0 Å². The summed E-state index contributed by atoms with van der Waals surface area (Å²) in [6.45, 7) is 6.36. The Morgan fingerprint density at radius 1 is 1.16 bits per heavy atom. The number of carbonyl (C=O) groups is 3. The third kappa shape index (κ3) is 5.53. The zero-order valence-electron chi connectivity index (χ0n) is 18.6. The Bertz CT molecular complexity index is 1020. The second kappa shape index (κ2) is 9.52. The Labute approximate surface area is 187 Å². The van der Waals surface area contributed by atoms with E-state index < -0.39 is 31.8 Å².